The molecule has 20 heavy (non-hydrogen) atoms. The predicted molar refractivity (Wildman–Crippen MR) is 85.9 cm³/mol. The first kappa shape index (κ1) is 15.4. The van der Waals surface area contributed by atoms with Crippen molar-refractivity contribution in [2.45, 2.75) is 51.6 Å². The lowest BCUT2D eigenvalue weighted by molar-refractivity contribution is 0.0695. The van der Waals surface area contributed by atoms with Crippen molar-refractivity contribution >= 4 is 21.8 Å². The zero-order valence-electron chi connectivity index (χ0n) is 12.1. The molecule has 2 rings (SSSR count). The fourth-order valence-corrected chi connectivity index (χ4v) is 3.44. The van der Waals surface area contributed by atoms with Crippen LogP contribution in [0.4, 0.5) is 0 Å². The Bertz CT molecular complexity index is 475. The van der Waals surface area contributed by atoms with Gasteiger partial charge in [0.2, 0.25) is 0 Å². The topological polar surface area (TPSA) is 25.2 Å². The molecule has 1 aromatic rings. The van der Waals surface area contributed by atoms with Crippen LogP contribution in [0.15, 0.2) is 29.4 Å². The Morgan fingerprint density at radius 1 is 1.55 bits per heavy atom. The van der Waals surface area contributed by atoms with Gasteiger partial charge in [-0.1, -0.05) is 25.8 Å². The number of nitrogens with zero attached hydrogens (tertiary/aromatic N) is 2. The summed E-state index contributed by atoms with van der Waals surface area (Å²) in [6.45, 7) is 7.44. The van der Waals surface area contributed by atoms with Crippen LogP contribution in [0.2, 0.25) is 0 Å². The average Bonchev–Trinajstić information content (AvgIpc) is 3.05. The van der Waals surface area contributed by atoms with E-state index in [9.17, 15) is 4.79 Å². The van der Waals surface area contributed by atoms with Crippen LogP contribution in [0.25, 0.3) is 0 Å². The quantitative estimate of drug-likeness (QED) is 0.712. The third kappa shape index (κ3) is 3.35. The average molecular weight is 339 g/mol. The molecule has 0 spiro atoms. The van der Waals surface area contributed by atoms with Crippen LogP contribution in [0.5, 0.6) is 0 Å². The molecule has 1 aliphatic rings. The molecule has 1 amide bonds. The Morgan fingerprint density at radius 2 is 2.25 bits per heavy atom. The molecule has 3 nitrogen and oxygen atoms in total. The molecule has 4 heteroatoms. The molecule has 1 fully saturated rings. The van der Waals surface area contributed by atoms with E-state index in [-0.39, 0.29) is 5.91 Å². The van der Waals surface area contributed by atoms with Gasteiger partial charge in [-0.3, -0.25) is 4.79 Å². The van der Waals surface area contributed by atoms with Crippen molar-refractivity contribution in [1.29, 1.82) is 0 Å². The molecule has 0 aliphatic heterocycles. The maximum absolute atomic E-state index is 12.9. The van der Waals surface area contributed by atoms with E-state index in [1.807, 2.05) is 23.2 Å². The molecule has 1 heterocycles. The Morgan fingerprint density at radius 3 is 2.85 bits per heavy atom. The highest BCUT2D eigenvalue weighted by Crippen LogP contribution is 2.26. The lowest BCUT2D eigenvalue weighted by Gasteiger charge is -2.28. The van der Waals surface area contributed by atoms with Crippen LogP contribution in [0.3, 0.4) is 0 Å². The number of carbonyl (C=O) groups excluding carboxylic acids is 1. The standard InChI is InChI=1S/C16H23BrN2O/c1-3-9-18-12-13(17)11-15(18)16(20)19(10-4-2)14-7-5-6-8-14/h4,11-12,14H,2-3,5-10H2,1H3. The molecule has 0 unspecified atom stereocenters. The Labute approximate surface area is 129 Å². The van der Waals surface area contributed by atoms with E-state index in [2.05, 4.69) is 34.0 Å². The maximum Gasteiger partial charge on any atom is 0.271 e. The van der Waals surface area contributed by atoms with Crippen LogP contribution in [0.1, 0.15) is 49.5 Å². The lowest BCUT2D eigenvalue weighted by atomic mass is 10.2. The second-order valence-electron chi connectivity index (χ2n) is 5.42. The minimum Gasteiger partial charge on any atom is -0.342 e. The van der Waals surface area contributed by atoms with Gasteiger partial charge in [-0.25, -0.2) is 0 Å². The van der Waals surface area contributed by atoms with Crippen molar-refractivity contribution in [1.82, 2.24) is 9.47 Å². The van der Waals surface area contributed by atoms with Crippen LogP contribution in [-0.2, 0) is 6.54 Å². The summed E-state index contributed by atoms with van der Waals surface area (Å²) in [6.07, 6.45) is 9.54. The fourth-order valence-electron chi connectivity index (χ4n) is 2.98. The van der Waals surface area contributed by atoms with Crippen molar-refractivity contribution < 1.29 is 4.79 Å². The van der Waals surface area contributed by atoms with Gasteiger partial charge in [-0.2, -0.15) is 0 Å². The highest BCUT2D eigenvalue weighted by Gasteiger charge is 2.28. The van der Waals surface area contributed by atoms with Gasteiger partial charge in [0, 0.05) is 29.8 Å². The number of amides is 1. The summed E-state index contributed by atoms with van der Waals surface area (Å²) in [7, 11) is 0. The first-order valence-electron chi connectivity index (χ1n) is 7.45. The highest BCUT2D eigenvalue weighted by molar-refractivity contribution is 9.10. The molecule has 1 aromatic heterocycles. The van der Waals surface area contributed by atoms with E-state index >= 15 is 0 Å². The normalized spacial score (nSPS) is 15.5. The largest absolute Gasteiger partial charge is 0.342 e. The molecule has 0 aromatic carbocycles. The van der Waals surface area contributed by atoms with E-state index in [4.69, 9.17) is 0 Å². The molecule has 1 saturated carbocycles. The van der Waals surface area contributed by atoms with E-state index in [1.165, 1.54) is 12.8 Å². The minimum atomic E-state index is 0.135. The second-order valence-corrected chi connectivity index (χ2v) is 6.34. The van der Waals surface area contributed by atoms with Crippen molar-refractivity contribution in [3.8, 4) is 0 Å². The SMILES string of the molecule is C=CCN(C(=O)c1cc(Br)cn1CCC)C1CCCC1. The van der Waals surface area contributed by atoms with E-state index in [1.54, 1.807) is 0 Å². The van der Waals surface area contributed by atoms with E-state index < -0.39 is 0 Å². The summed E-state index contributed by atoms with van der Waals surface area (Å²) in [5, 5.41) is 0. The number of aryl methyl sites for hydroxylation is 1. The van der Waals surface area contributed by atoms with Gasteiger partial charge in [0.25, 0.3) is 5.91 Å². The monoisotopic (exact) mass is 338 g/mol. The van der Waals surface area contributed by atoms with Gasteiger partial charge >= 0.3 is 0 Å². The van der Waals surface area contributed by atoms with Crippen molar-refractivity contribution in [3.05, 3.63) is 35.1 Å². The number of aromatic nitrogens is 1. The summed E-state index contributed by atoms with van der Waals surface area (Å²) >= 11 is 3.48. The fraction of sp³-hybridized carbons (Fsp3) is 0.562. The molecule has 0 N–H and O–H groups in total. The summed E-state index contributed by atoms with van der Waals surface area (Å²) in [5.41, 5.74) is 0.785. The Hall–Kier alpha value is -1.03. The smallest absolute Gasteiger partial charge is 0.271 e. The van der Waals surface area contributed by atoms with Gasteiger partial charge in [-0.15, -0.1) is 6.58 Å². The highest BCUT2D eigenvalue weighted by atomic mass is 79.9. The number of hydrogen-bond donors (Lipinski definition) is 0. The van der Waals surface area contributed by atoms with Crippen molar-refractivity contribution in [2.75, 3.05) is 6.54 Å². The first-order valence-corrected chi connectivity index (χ1v) is 8.24. The van der Waals surface area contributed by atoms with Gasteiger partial charge in [0.1, 0.15) is 5.69 Å². The van der Waals surface area contributed by atoms with Gasteiger partial charge in [-0.05, 0) is 41.3 Å². The van der Waals surface area contributed by atoms with Crippen molar-refractivity contribution in [3.63, 3.8) is 0 Å². The summed E-state index contributed by atoms with van der Waals surface area (Å²) in [4.78, 5) is 14.9. The summed E-state index contributed by atoms with van der Waals surface area (Å²) in [5.74, 6) is 0.135. The van der Waals surface area contributed by atoms with Crippen LogP contribution in [0, 0.1) is 0 Å². The van der Waals surface area contributed by atoms with Crippen LogP contribution >= 0.6 is 15.9 Å². The number of halogens is 1. The molecule has 110 valence electrons. The van der Waals surface area contributed by atoms with Crippen LogP contribution in [-0.4, -0.2) is 28.0 Å². The number of carbonyl (C=O) groups is 1. The van der Waals surface area contributed by atoms with Crippen molar-refractivity contribution in [2.24, 2.45) is 0 Å². The number of rotatable bonds is 6. The number of hydrogen-bond acceptors (Lipinski definition) is 1. The Kier molecular flexibility index (Phi) is 5.46. The van der Waals surface area contributed by atoms with E-state index in [0.29, 0.717) is 12.6 Å². The molecular formula is C16H23BrN2O. The van der Waals surface area contributed by atoms with Gasteiger partial charge < -0.3 is 9.47 Å². The van der Waals surface area contributed by atoms with Gasteiger partial charge in [0.05, 0.1) is 0 Å². The molecule has 0 atom stereocenters. The Balaban J connectivity index is 2.24. The minimum absolute atomic E-state index is 0.135. The third-order valence-electron chi connectivity index (χ3n) is 3.90. The van der Waals surface area contributed by atoms with Crippen LogP contribution < -0.4 is 0 Å². The van der Waals surface area contributed by atoms with E-state index in [0.717, 1.165) is 36.0 Å². The second kappa shape index (κ2) is 7.11. The lowest BCUT2D eigenvalue weighted by Crippen LogP contribution is -2.39. The zero-order valence-corrected chi connectivity index (χ0v) is 13.7. The summed E-state index contributed by atoms with van der Waals surface area (Å²) in [6, 6.07) is 2.31. The summed E-state index contributed by atoms with van der Waals surface area (Å²) < 4.78 is 3.02. The zero-order chi connectivity index (χ0) is 14.5. The predicted octanol–water partition coefficient (Wildman–Crippen LogP) is 4.23. The molecule has 0 radical (unpaired) electrons. The molecule has 1 aliphatic carbocycles. The molecular weight excluding hydrogens is 316 g/mol. The van der Waals surface area contributed by atoms with Gasteiger partial charge in [0.15, 0.2) is 0 Å². The molecule has 0 saturated heterocycles. The molecule has 0 bridgehead atoms. The first-order chi connectivity index (χ1) is 9.67. The maximum atomic E-state index is 12.9. The third-order valence-corrected chi connectivity index (χ3v) is 4.33.